The van der Waals surface area contributed by atoms with E-state index in [-0.39, 0.29) is 5.54 Å². The smallest absolute Gasteiger partial charge is 0.120 e. The van der Waals surface area contributed by atoms with Gasteiger partial charge in [-0.05, 0) is 66.9 Å². The Hall–Kier alpha value is -0.840. The van der Waals surface area contributed by atoms with Crippen molar-refractivity contribution in [3.63, 3.8) is 0 Å². The third-order valence-electron chi connectivity index (χ3n) is 2.81. The fourth-order valence-electron chi connectivity index (χ4n) is 1.68. The molecular weight excluding hydrogens is 334 g/mol. The Bertz CT molecular complexity index is 546. The van der Waals surface area contributed by atoms with Gasteiger partial charge in [0, 0.05) is 16.6 Å². The van der Waals surface area contributed by atoms with Gasteiger partial charge in [0.25, 0.3) is 0 Å². The Morgan fingerprint density at radius 2 is 2.05 bits per heavy atom. The first kappa shape index (κ1) is 15.5. The number of hydrogen-bond donors (Lipinski definition) is 1. The fraction of sp³-hybridized carbons (Fsp3) is 0.375. The summed E-state index contributed by atoms with van der Waals surface area (Å²) in [6.07, 6.45) is 0. The van der Waals surface area contributed by atoms with Crippen molar-refractivity contribution in [2.75, 3.05) is 0 Å². The molecule has 0 amide bonds. The summed E-state index contributed by atoms with van der Waals surface area (Å²) in [5.41, 5.74) is 2.53. The van der Waals surface area contributed by atoms with Gasteiger partial charge >= 0.3 is 0 Å². The molecule has 2 aromatic rings. The van der Waals surface area contributed by atoms with Crippen molar-refractivity contribution in [3.05, 3.63) is 50.6 Å². The lowest BCUT2D eigenvalue weighted by atomic mass is 10.1. The molecule has 0 atom stereocenters. The molecule has 1 aromatic heterocycles. The highest BCUT2D eigenvalue weighted by Gasteiger charge is 2.10. The van der Waals surface area contributed by atoms with Crippen molar-refractivity contribution in [1.82, 2.24) is 5.32 Å². The average molecular weight is 354 g/mol. The Kier molecular flexibility index (Phi) is 5.24. The molecule has 20 heavy (non-hydrogen) atoms. The Labute approximate surface area is 133 Å². The van der Waals surface area contributed by atoms with E-state index >= 15 is 0 Å². The van der Waals surface area contributed by atoms with Gasteiger partial charge in [-0.3, -0.25) is 0 Å². The Balaban J connectivity index is 2.00. The van der Waals surface area contributed by atoms with Crippen LogP contribution in [0.4, 0.5) is 0 Å². The van der Waals surface area contributed by atoms with E-state index in [4.69, 9.17) is 4.74 Å². The molecule has 0 bridgehead atoms. The molecule has 1 heterocycles. The lowest BCUT2D eigenvalue weighted by molar-refractivity contribution is 0.306. The lowest BCUT2D eigenvalue weighted by Gasteiger charge is -2.21. The molecule has 1 aromatic carbocycles. The van der Waals surface area contributed by atoms with Gasteiger partial charge in [-0.2, -0.15) is 11.3 Å². The van der Waals surface area contributed by atoms with Crippen LogP contribution in [0.2, 0.25) is 0 Å². The van der Waals surface area contributed by atoms with E-state index < -0.39 is 0 Å². The van der Waals surface area contributed by atoms with E-state index in [1.165, 1.54) is 11.1 Å². The van der Waals surface area contributed by atoms with Gasteiger partial charge in [-0.15, -0.1) is 0 Å². The minimum Gasteiger partial charge on any atom is -0.489 e. The first-order valence-corrected chi connectivity index (χ1v) is 8.35. The molecule has 2 nitrogen and oxygen atoms in total. The van der Waals surface area contributed by atoms with Crippen molar-refractivity contribution >= 4 is 27.3 Å². The van der Waals surface area contributed by atoms with Gasteiger partial charge in [-0.25, -0.2) is 0 Å². The summed E-state index contributed by atoms with van der Waals surface area (Å²) in [4.78, 5) is 0. The molecule has 0 spiro atoms. The predicted molar refractivity (Wildman–Crippen MR) is 89.4 cm³/mol. The second kappa shape index (κ2) is 6.74. The number of ether oxygens (including phenoxy) is 1. The molecule has 4 heteroatoms. The van der Waals surface area contributed by atoms with Crippen LogP contribution in [0.15, 0.2) is 39.5 Å². The Morgan fingerprint density at radius 1 is 1.25 bits per heavy atom. The van der Waals surface area contributed by atoms with Crippen LogP contribution >= 0.6 is 27.3 Å². The number of benzene rings is 1. The second-order valence-electron chi connectivity index (χ2n) is 5.78. The van der Waals surface area contributed by atoms with Crippen LogP contribution in [0.5, 0.6) is 5.75 Å². The maximum atomic E-state index is 5.84. The molecule has 0 saturated carbocycles. The zero-order valence-corrected chi connectivity index (χ0v) is 14.5. The topological polar surface area (TPSA) is 21.3 Å². The maximum Gasteiger partial charge on any atom is 0.120 e. The maximum absolute atomic E-state index is 5.84. The molecule has 0 fully saturated rings. The van der Waals surface area contributed by atoms with E-state index in [2.05, 4.69) is 64.9 Å². The highest BCUT2D eigenvalue weighted by molar-refractivity contribution is 9.10. The van der Waals surface area contributed by atoms with Crippen molar-refractivity contribution < 1.29 is 4.74 Å². The Morgan fingerprint density at radius 3 is 2.70 bits per heavy atom. The zero-order chi connectivity index (χ0) is 14.6. The van der Waals surface area contributed by atoms with Crippen LogP contribution in [-0.4, -0.2) is 5.54 Å². The number of hydrogen-bond acceptors (Lipinski definition) is 3. The predicted octanol–water partition coefficient (Wildman–Crippen LogP) is 4.98. The largest absolute Gasteiger partial charge is 0.489 e. The third-order valence-corrected chi connectivity index (χ3v) is 4.32. The molecular formula is C16H20BrNOS. The van der Waals surface area contributed by atoms with Gasteiger partial charge in [0.2, 0.25) is 0 Å². The highest BCUT2D eigenvalue weighted by atomic mass is 79.9. The average Bonchev–Trinajstić information content (AvgIpc) is 2.88. The molecule has 1 N–H and O–H groups in total. The summed E-state index contributed by atoms with van der Waals surface area (Å²) in [5.74, 6) is 0.908. The minimum atomic E-state index is 0.104. The van der Waals surface area contributed by atoms with E-state index in [9.17, 15) is 0 Å². The number of thiophene rings is 1. The summed E-state index contributed by atoms with van der Waals surface area (Å²) in [5, 5.41) is 7.67. The highest BCUT2D eigenvalue weighted by Crippen LogP contribution is 2.24. The van der Waals surface area contributed by atoms with E-state index in [1.807, 2.05) is 12.1 Å². The van der Waals surface area contributed by atoms with E-state index in [0.29, 0.717) is 6.61 Å². The second-order valence-corrected chi connectivity index (χ2v) is 7.41. The van der Waals surface area contributed by atoms with Crippen LogP contribution in [0.3, 0.4) is 0 Å². The van der Waals surface area contributed by atoms with Crippen molar-refractivity contribution in [2.24, 2.45) is 0 Å². The number of nitrogens with one attached hydrogen (secondary N) is 1. The monoisotopic (exact) mass is 353 g/mol. The molecule has 0 aliphatic rings. The molecule has 0 radical (unpaired) electrons. The molecule has 2 rings (SSSR count). The van der Waals surface area contributed by atoms with Crippen LogP contribution in [-0.2, 0) is 13.2 Å². The van der Waals surface area contributed by atoms with Crippen molar-refractivity contribution in [2.45, 2.75) is 39.5 Å². The molecule has 0 saturated heterocycles. The fourth-order valence-corrected chi connectivity index (χ4v) is 2.72. The molecule has 0 unspecified atom stereocenters. The molecule has 0 aliphatic heterocycles. The first-order valence-electron chi connectivity index (χ1n) is 6.61. The third kappa shape index (κ3) is 4.93. The van der Waals surface area contributed by atoms with Crippen molar-refractivity contribution in [3.8, 4) is 5.75 Å². The van der Waals surface area contributed by atoms with Crippen LogP contribution in [0, 0.1) is 0 Å². The normalized spacial score (nSPS) is 11.6. The van der Waals surface area contributed by atoms with Crippen LogP contribution < -0.4 is 10.1 Å². The minimum absolute atomic E-state index is 0.104. The standard InChI is InChI=1S/C16H20BrNOS/c1-16(2,3)18-9-13-8-14(4-5-15(13)17)19-10-12-6-7-20-11-12/h4-8,11,18H,9-10H2,1-3H3. The lowest BCUT2D eigenvalue weighted by Crippen LogP contribution is -2.35. The zero-order valence-electron chi connectivity index (χ0n) is 12.1. The number of rotatable bonds is 5. The number of halogens is 1. The van der Waals surface area contributed by atoms with E-state index in [1.54, 1.807) is 11.3 Å². The van der Waals surface area contributed by atoms with Gasteiger partial charge in [0.15, 0.2) is 0 Å². The van der Waals surface area contributed by atoms with Gasteiger partial charge in [0.05, 0.1) is 0 Å². The van der Waals surface area contributed by atoms with E-state index in [0.717, 1.165) is 16.8 Å². The van der Waals surface area contributed by atoms with Crippen molar-refractivity contribution in [1.29, 1.82) is 0 Å². The molecule has 108 valence electrons. The van der Waals surface area contributed by atoms with Gasteiger partial charge in [-0.1, -0.05) is 15.9 Å². The summed E-state index contributed by atoms with van der Waals surface area (Å²) < 4.78 is 6.94. The first-order chi connectivity index (χ1) is 9.44. The summed E-state index contributed by atoms with van der Waals surface area (Å²) in [6.45, 7) is 7.94. The summed E-state index contributed by atoms with van der Waals surface area (Å²) in [7, 11) is 0. The van der Waals surface area contributed by atoms with Crippen LogP contribution in [0.25, 0.3) is 0 Å². The van der Waals surface area contributed by atoms with Gasteiger partial charge < -0.3 is 10.1 Å². The molecule has 0 aliphatic carbocycles. The quantitative estimate of drug-likeness (QED) is 0.818. The summed E-state index contributed by atoms with van der Waals surface area (Å²) >= 11 is 5.29. The summed E-state index contributed by atoms with van der Waals surface area (Å²) in [6, 6.07) is 8.22. The van der Waals surface area contributed by atoms with Crippen LogP contribution in [0.1, 0.15) is 31.9 Å². The SMILES string of the molecule is CC(C)(C)NCc1cc(OCc2ccsc2)ccc1Br. The van der Waals surface area contributed by atoms with Gasteiger partial charge in [0.1, 0.15) is 12.4 Å².